The number of fused-ring (bicyclic) bond motifs is 1. The van der Waals surface area contributed by atoms with E-state index in [1.807, 2.05) is 24.0 Å². The average molecular weight is 374 g/mol. The fraction of sp³-hybridized carbons (Fsp3) is 0.227. The average Bonchev–Trinajstić information content (AvgIpc) is 2.94. The van der Waals surface area contributed by atoms with E-state index in [1.54, 1.807) is 24.5 Å². The van der Waals surface area contributed by atoms with Crippen molar-refractivity contribution in [2.75, 3.05) is 18.4 Å². The molecule has 3 heterocycles. The predicted octanol–water partition coefficient (Wildman–Crippen LogP) is 4.21. The molecule has 0 atom stereocenters. The summed E-state index contributed by atoms with van der Waals surface area (Å²) in [5.74, 6) is 1.12. The SMILES string of the molecule is Cc1ncccc1Oc1ccc(NC(=O)N2CCc3ccccc3CC2)cn1. The number of pyridine rings is 2. The first-order valence-corrected chi connectivity index (χ1v) is 9.37. The predicted molar refractivity (Wildman–Crippen MR) is 108 cm³/mol. The number of nitrogens with zero attached hydrogens (tertiary/aromatic N) is 3. The molecule has 3 aromatic rings. The molecular formula is C22H22N4O2. The number of aromatic nitrogens is 2. The van der Waals surface area contributed by atoms with Crippen molar-refractivity contribution in [3.63, 3.8) is 0 Å². The standard InChI is InChI=1S/C22H22N4O2/c1-16-20(7-4-12-23-16)28-21-9-8-19(15-24-21)25-22(27)26-13-10-17-5-2-3-6-18(17)11-14-26/h2-9,12,15H,10-11,13-14H2,1H3,(H,25,27). The zero-order chi connectivity index (χ0) is 19.3. The Kier molecular flexibility index (Phi) is 5.19. The summed E-state index contributed by atoms with van der Waals surface area (Å²) in [6, 6.07) is 15.5. The fourth-order valence-corrected chi connectivity index (χ4v) is 3.28. The number of rotatable bonds is 3. The first-order valence-electron chi connectivity index (χ1n) is 9.37. The van der Waals surface area contributed by atoms with Gasteiger partial charge in [0, 0.05) is 25.4 Å². The highest BCUT2D eigenvalue weighted by Gasteiger charge is 2.18. The van der Waals surface area contributed by atoms with Gasteiger partial charge in [-0.25, -0.2) is 9.78 Å². The van der Waals surface area contributed by atoms with Crippen LogP contribution in [0.2, 0.25) is 0 Å². The molecule has 0 unspecified atom stereocenters. The summed E-state index contributed by atoms with van der Waals surface area (Å²) in [5.41, 5.74) is 4.09. The van der Waals surface area contributed by atoms with Crippen molar-refractivity contribution in [3.05, 3.63) is 77.7 Å². The molecule has 6 heteroatoms. The normalized spacial score (nSPS) is 13.4. The lowest BCUT2D eigenvalue weighted by molar-refractivity contribution is 0.214. The number of urea groups is 1. The number of nitrogens with one attached hydrogen (secondary N) is 1. The van der Waals surface area contributed by atoms with Gasteiger partial charge in [-0.2, -0.15) is 0 Å². The number of amides is 2. The second-order valence-corrected chi connectivity index (χ2v) is 6.76. The maximum Gasteiger partial charge on any atom is 0.321 e. The monoisotopic (exact) mass is 374 g/mol. The van der Waals surface area contributed by atoms with Gasteiger partial charge in [-0.3, -0.25) is 4.98 Å². The largest absolute Gasteiger partial charge is 0.437 e. The van der Waals surface area contributed by atoms with E-state index in [1.165, 1.54) is 11.1 Å². The molecule has 0 radical (unpaired) electrons. The Morgan fingerprint density at radius 2 is 1.75 bits per heavy atom. The Balaban J connectivity index is 1.37. The van der Waals surface area contributed by atoms with Gasteiger partial charge in [0.1, 0.15) is 0 Å². The molecule has 2 amide bonds. The highest BCUT2D eigenvalue weighted by atomic mass is 16.5. The summed E-state index contributed by atoms with van der Waals surface area (Å²) < 4.78 is 5.74. The maximum atomic E-state index is 12.6. The van der Waals surface area contributed by atoms with E-state index in [0.717, 1.165) is 18.5 Å². The lowest BCUT2D eigenvalue weighted by atomic mass is 10.0. The number of hydrogen-bond donors (Lipinski definition) is 1. The molecule has 0 bridgehead atoms. The van der Waals surface area contributed by atoms with Crippen LogP contribution >= 0.6 is 0 Å². The van der Waals surface area contributed by atoms with Crippen molar-refractivity contribution in [2.45, 2.75) is 19.8 Å². The summed E-state index contributed by atoms with van der Waals surface area (Å²) in [6.45, 7) is 3.29. The van der Waals surface area contributed by atoms with Crippen LogP contribution in [0, 0.1) is 6.92 Å². The summed E-state index contributed by atoms with van der Waals surface area (Å²) >= 11 is 0. The molecule has 1 N–H and O–H groups in total. The Morgan fingerprint density at radius 1 is 1.00 bits per heavy atom. The minimum absolute atomic E-state index is 0.105. The molecule has 0 saturated heterocycles. The second-order valence-electron chi connectivity index (χ2n) is 6.76. The Morgan fingerprint density at radius 3 is 2.39 bits per heavy atom. The smallest absolute Gasteiger partial charge is 0.321 e. The van der Waals surface area contributed by atoms with E-state index in [0.29, 0.717) is 30.4 Å². The highest BCUT2D eigenvalue weighted by Crippen LogP contribution is 2.22. The third kappa shape index (κ3) is 4.11. The van der Waals surface area contributed by atoms with Gasteiger partial charge in [0.15, 0.2) is 5.75 Å². The third-order valence-electron chi connectivity index (χ3n) is 4.87. The molecule has 4 rings (SSSR count). The Hall–Kier alpha value is -3.41. The first-order chi connectivity index (χ1) is 13.7. The van der Waals surface area contributed by atoms with Gasteiger partial charge in [0.05, 0.1) is 17.6 Å². The minimum Gasteiger partial charge on any atom is -0.437 e. The quantitative estimate of drug-likeness (QED) is 0.746. The molecule has 1 aliphatic heterocycles. The van der Waals surface area contributed by atoms with Crippen molar-refractivity contribution in [2.24, 2.45) is 0 Å². The van der Waals surface area contributed by atoms with Crippen LogP contribution in [0.15, 0.2) is 60.9 Å². The van der Waals surface area contributed by atoms with Crippen LogP contribution in [-0.4, -0.2) is 34.0 Å². The molecule has 1 aliphatic rings. The molecule has 142 valence electrons. The number of anilines is 1. The molecule has 1 aromatic carbocycles. The molecule has 28 heavy (non-hydrogen) atoms. The summed E-state index contributed by atoms with van der Waals surface area (Å²) in [4.78, 5) is 23.0. The first kappa shape index (κ1) is 18.0. The highest BCUT2D eigenvalue weighted by molar-refractivity contribution is 5.89. The topological polar surface area (TPSA) is 67.3 Å². The lowest BCUT2D eigenvalue weighted by Crippen LogP contribution is -2.36. The zero-order valence-electron chi connectivity index (χ0n) is 15.8. The van der Waals surface area contributed by atoms with Crippen molar-refractivity contribution >= 4 is 11.7 Å². The van der Waals surface area contributed by atoms with Crippen LogP contribution in [-0.2, 0) is 12.8 Å². The minimum atomic E-state index is -0.105. The van der Waals surface area contributed by atoms with Gasteiger partial charge in [-0.1, -0.05) is 24.3 Å². The van der Waals surface area contributed by atoms with Gasteiger partial charge >= 0.3 is 6.03 Å². The molecule has 2 aromatic heterocycles. The number of aryl methyl sites for hydroxylation is 1. The van der Waals surface area contributed by atoms with Crippen molar-refractivity contribution in [1.82, 2.24) is 14.9 Å². The number of carbonyl (C=O) groups is 1. The van der Waals surface area contributed by atoms with Gasteiger partial charge in [0.2, 0.25) is 5.88 Å². The van der Waals surface area contributed by atoms with E-state index in [-0.39, 0.29) is 6.03 Å². The van der Waals surface area contributed by atoms with E-state index in [2.05, 4.69) is 39.6 Å². The van der Waals surface area contributed by atoms with E-state index >= 15 is 0 Å². The summed E-state index contributed by atoms with van der Waals surface area (Å²) in [5, 5.41) is 2.93. The van der Waals surface area contributed by atoms with Crippen molar-refractivity contribution in [3.8, 4) is 11.6 Å². The van der Waals surface area contributed by atoms with Crippen LogP contribution in [0.4, 0.5) is 10.5 Å². The van der Waals surface area contributed by atoms with Crippen LogP contribution < -0.4 is 10.1 Å². The van der Waals surface area contributed by atoms with E-state index in [9.17, 15) is 4.79 Å². The Labute approximate surface area is 164 Å². The Bertz CT molecular complexity index is 945. The molecule has 6 nitrogen and oxygen atoms in total. The number of benzene rings is 1. The van der Waals surface area contributed by atoms with Crippen LogP contribution in [0.3, 0.4) is 0 Å². The van der Waals surface area contributed by atoms with Gasteiger partial charge in [-0.05, 0) is 49.1 Å². The van der Waals surface area contributed by atoms with Crippen molar-refractivity contribution < 1.29 is 9.53 Å². The number of carbonyl (C=O) groups excluding carboxylic acids is 1. The maximum absolute atomic E-state index is 12.6. The second kappa shape index (κ2) is 8.08. The van der Waals surface area contributed by atoms with Crippen LogP contribution in [0.25, 0.3) is 0 Å². The van der Waals surface area contributed by atoms with Gasteiger partial charge in [-0.15, -0.1) is 0 Å². The van der Waals surface area contributed by atoms with E-state index < -0.39 is 0 Å². The molecule has 0 spiro atoms. The van der Waals surface area contributed by atoms with Gasteiger partial charge in [0.25, 0.3) is 0 Å². The van der Waals surface area contributed by atoms with E-state index in [4.69, 9.17) is 4.74 Å². The number of hydrogen-bond acceptors (Lipinski definition) is 4. The third-order valence-corrected chi connectivity index (χ3v) is 4.87. The lowest BCUT2D eigenvalue weighted by Gasteiger charge is -2.20. The summed E-state index contributed by atoms with van der Waals surface area (Å²) in [6.07, 6.45) is 5.07. The number of ether oxygens (including phenoxy) is 1. The molecule has 0 saturated carbocycles. The van der Waals surface area contributed by atoms with Gasteiger partial charge < -0.3 is 15.0 Å². The molecule has 0 fully saturated rings. The zero-order valence-corrected chi connectivity index (χ0v) is 15.8. The molecular weight excluding hydrogens is 352 g/mol. The molecule has 0 aliphatic carbocycles. The van der Waals surface area contributed by atoms with Crippen molar-refractivity contribution in [1.29, 1.82) is 0 Å². The fourth-order valence-electron chi connectivity index (χ4n) is 3.28. The van der Waals surface area contributed by atoms with Crippen LogP contribution in [0.5, 0.6) is 11.6 Å². The summed E-state index contributed by atoms with van der Waals surface area (Å²) in [7, 11) is 0. The van der Waals surface area contributed by atoms with Crippen LogP contribution in [0.1, 0.15) is 16.8 Å².